The van der Waals surface area contributed by atoms with Crippen molar-refractivity contribution >= 4 is 50.6 Å². The predicted molar refractivity (Wildman–Crippen MR) is 137 cm³/mol. The molecule has 0 aliphatic carbocycles. The van der Waals surface area contributed by atoms with Gasteiger partial charge in [0.15, 0.2) is 17.2 Å². The molecule has 168 valence electrons. The van der Waals surface area contributed by atoms with Crippen molar-refractivity contribution in [2.45, 2.75) is 0 Å². The molecule has 4 aromatic carbocycles. The van der Waals surface area contributed by atoms with Crippen molar-refractivity contribution in [3.05, 3.63) is 107 Å². The van der Waals surface area contributed by atoms with E-state index in [4.69, 9.17) is 9.40 Å². The van der Waals surface area contributed by atoms with E-state index >= 15 is 0 Å². The third kappa shape index (κ3) is 3.72. The van der Waals surface area contributed by atoms with Crippen LogP contribution in [0.4, 0.5) is 11.5 Å². The molecule has 0 saturated heterocycles. The van der Waals surface area contributed by atoms with Crippen LogP contribution in [-0.2, 0) is 0 Å². The zero-order valence-corrected chi connectivity index (χ0v) is 18.3. The smallest absolute Gasteiger partial charge is 0.270 e. The van der Waals surface area contributed by atoms with Gasteiger partial charge in [-0.15, -0.1) is 0 Å². The first-order chi connectivity index (χ1) is 17.2. The van der Waals surface area contributed by atoms with Crippen LogP contribution in [0.2, 0.25) is 0 Å². The molecule has 0 amide bonds. The van der Waals surface area contributed by atoms with Crippen molar-refractivity contribution in [2.75, 3.05) is 5.43 Å². The molecule has 0 bridgehead atoms. The van der Waals surface area contributed by atoms with E-state index in [1.165, 1.54) is 18.3 Å². The monoisotopic (exact) mass is 459 g/mol. The number of benzene rings is 4. The molecule has 35 heavy (non-hydrogen) atoms. The van der Waals surface area contributed by atoms with Crippen LogP contribution in [0.3, 0.4) is 0 Å². The van der Waals surface area contributed by atoms with Gasteiger partial charge in [0.05, 0.1) is 16.5 Å². The van der Waals surface area contributed by atoms with E-state index in [1.807, 2.05) is 60.7 Å². The normalized spacial score (nSPS) is 11.5. The number of anilines is 1. The summed E-state index contributed by atoms with van der Waals surface area (Å²) in [4.78, 5) is 20.2. The van der Waals surface area contributed by atoms with Crippen LogP contribution in [0, 0.1) is 10.1 Å². The van der Waals surface area contributed by atoms with Crippen molar-refractivity contribution in [3.8, 4) is 11.4 Å². The molecule has 1 N–H and O–H groups in total. The minimum Gasteiger partial charge on any atom is -0.450 e. The van der Waals surface area contributed by atoms with Gasteiger partial charge in [-0.2, -0.15) is 5.10 Å². The van der Waals surface area contributed by atoms with E-state index in [1.54, 1.807) is 12.1 Å². The van der Waals surface area contributed by atoms with Crippen LogP contribution >= 0.6 is 0 Å². The first kappa shape index (κ1) is 20.5. The summed E-state index contributed by atoms with van der Waals surface area (Å²) < 4.78 is 6.19. The fraction of sp³-hybridized carbons (Fsp3) is 0. The van der Waals surface area contributed by atoms with Crippen molar-refractivity contribution in [1.29, 1.82) is 0 Å². The zero-order valence-electron chi connectivity index (χ0n) is 18.3. The lowest BCUT2D eigenvalue weighted by molar-refractivity contribution is -0.384. The Kier molecular flexibility index (Phi) is 4.89. The number of rotatable bonds is 5. The van der Waals surface area contributed by atoms with Gasteiger partial charge < -0.3 is 4.42 Å². The molecular weight excluding hydrogens is 442 g/mol. The number of fused-ring (bicyclic) bond motifs is 5. The van der Waals surface area contributed by atoms with E-state index in [-0.39, 0.29) is 5.69 Å². The minimum atomic E-state index is -0.441. The summed E-state index contributed by atoms with van der Waals surface area (Å²) in [6.07, 6.45) is 1.50. The molecule has 0 spiro atoms. The lowest BCUT2D eigenvalue weighted by atomic mass is 10.1. The van der Waals surface area contributed by atoms with Crippen molar-refractivity contribution in [2.24, 2.45) is 5.10 Å². The van der Waals surface area contributed by atoms with Gasteiger partial charge in [-0.1, -0.05) is 72.8 Å². The fourth-order valence-electron chi connectivity index (χ4n) is 4.09. The number of nitro benzene ring substituents is 1. The maximum atomic E-state index is 11.1. The molecule has 0 unspecified atom stereocenters. The zero-order chi connectivity index (χ0) is 23.8. The summed E-state index contributed by atoms with van der Waals surface area (Å²) in [7, 11) is 0. The first-order valence-electron chi connectivity index (χ1n) is 10.9. The second kappa shape index (κ2) is 8.35. The third-order valence-corrected chi connectivity index (χ3v) is 5.70. The Morgan fingerprint density at radius 2 is 1.74 bits per heavy atom. The number of hydrogen-bond donors (Lipinski definition) is 1. The molecule has 0 fully saturated rings. The van der Waals surface area contributed by atoms with E-state index in [2.05, 4.69) is 21.6 Å². The highest BCUT2D eigenvalue weighted by atomic mass is 16.6. The number of hydrazone groups is 1. The summed E-state index contributed by atoms with van der Waals surface area (Å²) in [5, 5.41) is 18.4. The van der Waals surface area contributed by atoms with Gasteiger partial charge in [0, 0.05) is 23.3 Å². The summed E-state index contributed by atoms with van der Waals surface area (Å²) >= 11 is 0. The van der Waals surface area contributed by atoms with Crippen LogP contribution < -0.4 is 5.43 Å². The molecule has 0 atom stereocenters. The molecule has 0 aliphatic rings. The van der Waals surface area contributed by atoms with Gasteiger partial charge in [0.25, 0.3) is 5.69 Å². The first-order valence-corrected chi connectivity index (χ1v) is 10.9. The Bertz CT molecular complexity index is 1760. The van der Waals surface area contributed by atoms with E-state index < -0.39 is 4.92 Å². The quantitative estimate of drug-likeness (QED) is 0.178. The Labute approximate surface area is 198 Å². The molecule has 0 aliphatic heterocycles. The Hall–Kier alpha value is -5.11. The van der Waals surface area contributed by atoms with Gasteiger partial charge in [-0.05, 0) is 16.8 Å². The average molecular weight is 459 g/mol. The number of nitrogens with one attached hydrogen (secondary N) is 1. The van der Waals surface area contributed by atoms with Gasteiger partial charge in [0.1, 0.15) is 11.1 Å². The summed E-state index contributed by atoms with van der Waals surface area (Å²) in [5.74, 6) is 0.928. The van der Waals surface area contributed by atoms with E-state index in [0.29, 0.717) is 33.9 Å². The Balaban J connectivity index is 1.52. The number of non-ortho nitro benzene ring substituents is 1. The second-order valence-corrected chi connectivity index (χ2v) is 7.92. The van der Waals surface area contributed by atoms with Crippen molar-refractivity contribution in [1.82, 2.24) is 9.97 Å². The SMILES string of the molecule is O=[N+]([O-])c1cccc(/C=N/Nc2nc(-c3ccccc3)nc3c2oc2ccc4ccccc4c23)c1. The Morgan fingerprint density at radius 1 is 0.914 bits per heavy atom. The topological polar surface area (TPSA) is 106 Å². The number of hydrogen-bond acceptors (Lipinski definition) is 7. The summed E-state index contributed by atoms with van der Waals surface area (Å²) in [5.41, 5.74) is 6.25. The maximum absolute atomic E-state index is 11.1. The molecule has 8 heteroatoms. The van der Waals surface area contributed by atoms with Crippen LogP contribution in [0.25, 0.3) is 44.2 Å². The number of nitro groups is 1. The number of nitrogens with zero attached hydrogens (tertiary/aromatic N) is 4. The molecule has 6 aromatic rings. The van der Waals surface area contributed by atoms with Crippen molar-refractivity contribution < 1.29 is 9.34 Å². The summed E-state index contributed by atoms with van der Waals surface area (Å²) in [6.45, 7) is 0. The molecule has 6 rings (SSSR count). The maximum Gasteiger partial charge on any atom is 0.270 e. The summed E-state index contributed by atoms with van der Waals surface area (Å²) in [6, 6.07) is 27.9. The second-order valence-electron chi connectivity index (χ2n) is 7.92. The van der Waals surface area contributed by atoms with E-state index in [9.17, 15) is 10.1 Å². The average Bonchev–Trinajstić information content (AvgIpc) is 3.29. The molecule has 2 aromatic heterocycles. The van der Waals surface area contributed by atoms with Crippen LogP contribution in [0.1, 0.15) is 5.56 Å². The minimum absolute atomic E-state index is 0.00565. The fourth-order valence-corrected chi connectivity index (χ4v) is 4.09. The van der Waals surface area contributed by atoms with Crippen LogP contribution in [0.15, 0.2) is 101 Å². The van der Waals surface area contributed by atoms with Gasteiger partial charge in [-0.25, -0.2) is 9.97 Å². The number of furan rings is 1. The van der Waals surface area contributed by atoms with Crippen molar-refractivity contribution in [3.63, 3.8) is 0 Å². The Morgan fingerprint density at radius 3 is 2.60 bits per heavy atom. The molecule has 8 nitrogen and oxygen atoms in total. The molecular formula is C27H17N5O3. The predicted octanol–water partition coefficient (Wildman–Crippen LogP) is 6.55. The lowest BCUT2D eigenvalue weighted by Gasteiger charge is -2.05. The van der Waals surface area contributed by atoms with Gasteiger partial charge in [0.2, 0.25) is 0 Å². The molecule has 0 radical (unpaired) electrons. The highest BCUT2D eigenvalue weighted by Gasteiger charge is 2.18. The van der Waals surface area contributed by atoms with E-state index in [0.717, 1.165) is 21.7 Å². The van der Waals surface area contributed by atoms with Crippen LogP contribution in [-0.4, -0.2) is 21.1 Å². The highest BCUT2D eigenvalue weighted by molar-refractivity contribution is 6.18. The highest BCUT2D eigenvalue weighted by Crippen LogP contribution is 2.37. The standard InChI is InChI=1S/C27H17N5O3/c33-32(34)20-11-6-7-17(15-20)16-28-31-27-25-24(29-26(30-27)19-9-2-1-3-10-19)23-21-12-5-4-8-18(21)13-14-22(23)35-25/h1-16H,(H,29,30,31)/b28-16+. The molecule has 0 saturated carbocycles. The third-order valence-electron chi connectivity index (χ3n) is 5.70. The largest absolute Gasteiger partial charge is 0.450 e. The van der Waals surface area contributed by atoms with Gasteiger partial charge >= 0.3 is 0 Å². The molecule has 2 heterocycles. The van der Waals surface area contributed by atoms with Crippen LogP contribution in [0.5, 0.6) is 0 Å². The van der Waals surface area contributed by atoms with Gasteiger partial charge in [-0.3, -0.25) is 15.5 Å². The number of aromatic nitrogens is 2. The lowest BCUT2D eigenvalue weighted by Crippen LogP contribution is -1.98.